The minimum absolute atomic E-state index is 0.253. The van der Waals surface area contributed by atoms with Crippen LogP contribution in [0.25, 0.3) is 10.4 Å². The maximum atomic E-state index is 8.06. The van der Waals surface area contributed by atoms with Crippen LogP contribution in [-0.4, -0.2) is 6.04 Å². The number of rotatable bonds is 1. The third kappa shape index (κ3) is 1.94. The minimum Gasteiger partial charge on any atom is -0.0906 e. The van der Waals surface area contributed by atoms with E-state index in [0.29, 0.717) is 0 Å². The van der Waals surface area contributed by atoms with E-state index in [2.05, 4.69) is 16.4 Å². The second-order valence-electron chi connectivity index (χ2n) is 2.31. The average Bonchev–Trinajstić information content (AvgIpc) is 1.91. The van der Waals surface area contributed by atoms with Crippen molar-refractivity contribution >= 4 is 0 Å². The van der Waals surface area contributed by atoms with E-state index in [1.807, 2.05) is 0 Å². The van der Waals surface area contributed by atoms with Crippen molar-refractivity contribution in [2.24, 2.45) is 5.11 Å². The van der Waals surface area contributed by atoms with Crippen molar-refractivity contribution in [2.45, 2.75) is 31.7 Å². The number of nitrogens with zero attached hydrogens (tertiary/aromatic N) is 3. The quantitative estimate of drug-likeness (QED) is 0.293. The molecule has 1 rings (SSSR count). The molecular weight excluding hydrogens is 114 g/mol. The first-order valence-electron chi connectivity index (χ1n) is 3.29. The molecule has 1 atom stereocenters. The predicted molar refractivity (Wildman–Crippen MR) is 35.7 cm³/mol. The Morgan fingerprint density at radius 3 is 3.11 bits per heavy atom. The van der Waals surface area contributed by atoms with Crippen LogP contribution in [0.2, 0.25) is 0 Å². The van der Waals surface area contributed by atoms with Crippen LogP contribution in [-0.2, 0) is 0 Å². The predicted octanol–water partition coefficient (Wildman–Crippen LogP) is 2.44. The number of hydrogen-bond donors (Lipinski definition) is 0. The van der Waals surface area contributed by atoms with Crippen molar-refractivity contribution < 1.29 is 0 Å². The summed E-state index contributed by atoms with van der Waals surface area (Å²) in [7, 11) is 0. The van der Waals surface area contributed by atoms with Crippen LogP contribution < -0.4 is 0 Å². The molecule has 0 aliphatic heterocycles. The SMILES string of the molecule is [N-]=[N+]=NC1C[CH]CCC1. The van der Waals surface area contributed by atoms with E-state index < -0.39 is 0 Å². The van der Waals surface area contributed by atoms with Crippen LogP contribution in [0.3, 0.4) is 0 Å². The molecule has 1 aliphatic carbocycles. The molecule has 9 heavy (non-hydrogen) atoms. The summed E-state index contributed by atoms with van der Waals surface area (Å²) in [6.07, 6.45) is 6.62. The van der Waals surface area contributed by atoms with E-state index in [9.17, 15) is 0 Å². The van der Waals surface area contributed by atoms with Gasteiger partial charge < -0.3 is 0 Å². The molecule has 1 saturated carbocycles. The van der Waals surface area contributed by atoms with Gasteiger partial charge in [0.1, 0.15) is 0 Å². The summed E-state index contributed by atoms with van der Waals surface area (Å²) in [6.45, 7) is 0. The summed E-state index contributed by atoms with van der Waals surface area (Å²) >= 11 is 0. The molecule has 0 N–H and O–H groups in total. The molecule has 1 unspecified atom stereocenters. The van der Waals surface area contributed by atoms with Crippen molar-refractivity contribution in [3.05, 3.63) is 16.9 Å². The van der Waals surface area contributed by atoms with Gasteiger partial charge in [0.25, 0.3) is 0 Å². The van der Waals surface area contributed by atoms with Crippen molar-refractivity contribution in [3.8, 4) is 0 Å². The summed E-state index contributed by atoms with van der Waals surface area (Å²) in [5.41, 5.74) is 8.06. The van der Waals surface area contributed by atoms with Crippen LogP contribution in [0.4, 0.5) is 0 Å². The van der Waals surface area contributed by atoms with E-state index in [0.717, 1.165) is 12.8 Å². The van der Waals surface area contributed by atoms with Gasteiger partial charge in [-0.05, 0) is 24.8 Å². The summed E-state index contributed by atoms with van der Waals surface area (Å²) in [5.74, 6) is 0. The Hall–Kier alpha value is -0.690. The van der Waals surface area contributed by atoms with E-state index in [1.54, 1.807) is 0 Å². The van der Waals surface area contributed by atoms with Crippen molar-refractivity contribution in [1.29, 1.82) is 0 Å². The maximum absolute atomic E-state index is 8.06. The van der Waals surface area contributed by atoms with Gasteiger partial charge in [-0.3, -0.25) is 0 Å². The lowest BCUT2D eigenvalue weighted by molar-refractivity contribution is 0.511. The van der Waals surface area contributed by atoms with Crippen LogP contribution in [0, 0.1) is 6.42 Å². The average molecular weight is 124 g/mol. The summed E-state index contributed by atoms with van der Waals surface area (Å²) in [4.78, 5) is 2.76. The highest BCUT2D eigenvalue weighted by Gasteiger charge is 2.10. The van der Waals surface area contributed by atoms with Gasteiger partial charge >= 0.3 is 0 Å². The second kappa shape index (κ2) is 3.36. The zero-order chi connectivity index (χ0) is 6.53. The van der Waals surface area contributed by atoms with Crippen LogP contribution in [0.1, 0.15) is 25.7 Å². The fourth-order valence-electron chi connectivity index (χ4n) is 1.10. The molecule has 0 aromatic carbocycles. The van der Waals surface area contributed by atoms with Crippen LogP contribution in [0.5, 0.6) is 0 Å². The Morgan fingerprint density at radius 2 is 2.56 bits per heavy atom. The summed E-state index contributed by atoms with van der Waals surface area (Å²) < 4.78 is 0. The minimum atomic E-state index is 0.253. The van der Waals surface area contributed by atoms with Gasteiger partial charge in [0.05, 0.1) is 0 Å². The molecule has 0 heterocycles. The van der Waals surface area contributed by atoms with E-state index in [1.165, 1.54) is 12.8 Å². The molecule has 1 radical (unpaired) electrons. The third-order valence-corrected chi connectivity index (χ3v) is 1.60. The Labute approximate surface area is 54.7 Å². The number of hydrogen-bond acceptors (Lipinski definition) is 1. The lowest BCUT2D eigenvalue weighted by Gasteiger charge is -2.14. The highest BCUT2D eigenvalue weighted by Crippen LogP contribution is 2.19. The van der Waals surface area contributed by atoms with Crippen LogP contribution >= 0.6 is 0 Å². The van der Waals surface area contributed by atoms with E-state index in [4.69, 9.17) is 5.53 Å². The van der Waals surface area contributed by atoms with Gasteiger partial charge in [-0.2, -0.15) is 0 Å². The lowest BCUT2D eigenvalue weighted by atomic mass is 9.96. The lowest BCUT2D eigenvalue weighted by Crippen LogP contribution is -2.08. The smallest absolute Gasteiger partial charge is 0.0376 e. The van der Waals surface area contributed by atoms with Gasteiger partial charge in [0.2, 0.25) is 0 Å². The van der Waals surface area contributed by atoms with Gasteiger partial charge in [-0.15, -0.1) is 0 Å². The fraction of sp³-hybridized carbons (Fsp3) is 0.833. The van der Waals surface area contributed by atoms with Crippen molar-refractivity contribution in [2.75, 3.05) is 0 Å². The first-order chi connectivity index (χ1) is 4.43. The summed E-state index contributed by atoms with van der Waals surface area (Å²) in [5, 5.41) is 3.63. The Morgan fingerprint density at radius 1 is 1.67 bits per heavy atom. The first-order valence-corrected chi connectivity index (χ1v) is 3.29. The fourth-order valence-corrected chi connectivity index (χ4v) is 1.10. The van der Waals surface area contributed by atoms with Gasteiger partial charge in [-0.25, -0.2) is 0 Å². The monoisotopic (exact) mass is 124 g/mol. The molecule has 0 aromatic heterocycles. The maximum Gasteiger partial charge on any atom is 0.0376 e. The Bertz CT molecular complexity index is 120. The molecule has 0 spiro atoms. The van der Waals surface area contributed by atoms with Gasteiger partial charge in [-0.1, -0.05) is 18.0 Å². The zero-order valence-electron chi connectivity index (χ0n) is 5.32. The molecule has 0 amide bonds. The Kier molecular flexibility index (Phi) is 2.40. The highest BCUT2D eigenvalue weighted by molar-refractivity contribution is 4.81. The third-order valence-electron chi connectivity index (χ3n) is 1.60. The normalized spacial score (nSPS) is 20.9. The Balaban J connectivity index is 2.31. The van der Waals surface area contributed by atoms with Gasteiger partial charge in [0, 0.05) is 11.0 Å². The largest absolute Gasteiger partial charge is 0.0906 e. The molecule has 0 bridgehead atoms. The molecular formula is C6H10N3. The second-order valence-corrected chi connectivity index (χ2v) is 2.31. The van der Waals surface area contributed by atoms with Crippen molar-refractivity contribution in [1.82, 2.24) is 0 Å². The van der Waals surface area contributed by atoms with Gasteiger partial charge in [0.15, 0.2) is 0 Å². The molecule has 0 saturated heterocycles. The molecule has 3 nitrogen and oxygen atoms in total. The zero-order valence-corrected chi connectivity index (χ0v) is 5.32. The van der Waals surface area contributed by atoms with Crippen molar-refractivity contribution in [3.63, 3.8) is 0 Å². The molecule has 1 fully saturated rings. The number of azide groups is 1. The highest BCUT2D eigenvalue weighted by atomic mass is 15.1. The van der Waals surface area contributed by atoms with Crippen LogP contribution in [0.15, 0.2) is 5.11 Å². The topological polar surface area (TPSA) is 48.8 Å². The molecule has 49 valence electrons. The van der Waals surface area contributed by atoms with E-state index >= 15 is 0 Å². The first kappa shape index (κ1) is 6.43. The van der Waals surface area contributed by atoms with E-state index in [-0.39, 0.29) is 6.04 Å². The summed E-state index contributed by atoms with van der Waals surface area (Å²) in [6, 6.07) is 0.253. The molecule has 3 heteroatoms. The molecule has 1 aliphatic rings. The standard InChI is InChI=1S/C6H10N3/c7-9-8-6-4-2-1-3-5-6/h2,6H,1,3-5H2. The molecule has 0 aromatic rings.